The van der Waals surface area contributed by atoms with E-state index in [9.17, 15) is 4.79 Å². The summed E-state index contributed by atoms with van der Waals surface area (Å²) in [6.45, 7) is 0. The Morgan fingerprint density at radius 1 is 1.36 bits per heavy atom. The number of carbonyl (C=O) groups is 1. The van der Waals surface area contributed by atoms with Gasteiger partial charge in [-0.2, -0.15) is 23.5 Å². The zero-order valence-corrected chi connectivity index (χ0v) is 8.76. The monoisotopic (exact) mass is 194 g/mol. The summed E-state index contributed by atoms with van der Waals surface area (Å²) in [5, 5.41) is 0. The fourth-order valence-electron chi connectivity index (χ4n) is 0.753. The number of esters is 1. The van der Waals surface area contributed by atoms with Gasteiger partial charge in [0.25, 0.3) is 0 Å². The van der Waals surface area contributed by atoms with E-state index >= 15 is 0 Å². The van der Waals surface area contributed by atoms with Crippen LogP contribution in [-0.4, -0.2) is 37.1 Å². The number of ether oxygens (including phenoxy) is 1. The average Bonchev–Trinajstić information content (AvgIpc) is 2.03. The third kappa shape index (κ3) is 4.58. The highest BCUT2D eigenvalue weighted by Gasteiger charge is 2.17. The van der Waals surface area contributed by atoms with Crippen molar-refractivity contribution >= 4 is 29.5 Å². The predicted molar refractivity (Wildman–Crippen MR) is 52.3 cm³/mol. The Hall–Kier alpha value is 0.170. The maximum Gasteiger partial charge on any atom is 0.310 e. The van der Waals surface area contributed by atoms with E-state index in [1.807, 2.05) is 12.5 Å². The maximum atomic E-state index is 11.0. The molecule has 0 aliphatic heterocycles. The van der Waals surface area contributed by atoms with Crippen LogP contribution in [0.5, 0.6) is 0 Å². The van der Waals surface area contributed by atoms with Crippen LogP contribution in [0.1, 0.15) is 0 Å². The fourth-order valence-corrected chi connectivity index (χ4v) is 2.22. The van der Waals surface area contributed by atoms with Gasteiger partial charge < -0.3 is 4.74 Å². The zero-order chi connectivity index (χ0) is 8.69. The molecule has 0 aliphatic carbocycles. The Kier molecular flexibility index (Phi) is 6.96. The second-order valence-electron chi connectivity index (χ2n) is 2.13. The minimum Gasteiger partial charge on any atom is -0.469 e. The number of rotatable bonds is 5. The molecular formula is C7H14O2S2. The van der Waals surface area contributed by atoms with Gasteiger partial charge in [-0.05, 0) is 12.5 Å². The highest BCUT2D eigenvalue weighted by molar-refractivity contribution is 7.99. The van der Waals surface area contributed by atoms with Crippen LogP contribution >= 0.6 is 23.5 Å². The molecule has 0 rings (SSSR count). The summed E-state index contributed by atoms with van der Waals surface area (Å²) < 4.78 is 4.65. The first-order valence-electron chi connectivity index (χ1n) is 3.32. The second-order valence-corrected chi connectivity index (χ2v) is 3.95. The van der Waals surface area contributed by atoms with Crippen molar-refractivity contribution in [2.75, 3.05) is 31.1 Å². The Bertz CT molecular complexity index is 111. The lowest BCUT2D eigenvalue weighted by Gasteiger charge is -2.10. The Balaban J connectivity index is 3.76. The molecule has 0 bridgehead atoms. The van der Waals surface area contributed by atoms with Crippen molar-refractivity contribution in [1.82, 2.24) is 0 Å². The Morgan fingerprint density at radius 3 is 2.09 bits per heavy atom. The van der Waals surface area contributed by atoms with Crippen molar-refractivity contribution in [2.45, 2.75) is 0 Å². The minimum absolute atomic E-state index is 0.0602. The maximum absolute atomic E-state index is 11.0. The van der Waals surface area contributed by atoms with E-state index in [0.29, 0.717) is 0 Å². The molecule has 0 fully saturated rings. The molecule has 0 aliphatic rings. The van der Waals surface area contributed by atoms with Gasteiger partial charge in [0.2, 0.25) is 0 Å². The molecule has 0 aromatic carbocycles. The highest BCUT2D eigenvalue weighted by atomic mass is 32.2. The topological polar surface area (TPSA) is 26.3 Å². The first-order valence-corrected chi connectivity index (χ1v) is 6.10. The van der Waals surface area contributed by atoms with Gasteiger partial charge in [-0.25, -0.2) is 0 Å². The third-order valence-corrected chi connectivity index (χ3v) is 2.74. The molecule has 0 saturated carbocycles. The molecule has 0 aromatic rings. The SMILES string of the molecule is COC(=O)C(CSC)CSC. The summed E-state index contributed by atoms with van der Waals surface area (Å²) in [5.41, 5.74) is 0. The van der Waals surface area contributed by atoms with Gasteiger partial charge in [0, 0.05) is 11.5 Å². The van der Waals surface area contributed by atoms with Crippen LogP contribution in [0.25, 0.3) is 0 Å². The minimum atomic E-state index is -0.0892. The first-order chi connectivity index (χ1) is 5.26. The lowest BCUT2D eigenvalue weighted by molar-refractivity contribution is -0.143. The van der Waals surface area contributed by atoms with Crippen molar-refractivity contribution in [3.05, 3.63) is 0 Å². The summed E-state index contributed by atoms with van der Waals surface area (Å²) in [7, 11) is 1.44. The lowest BCUT2D eigenvalue weighted by atomic mass is 10.2. The van der Waals surface area contributed by atoms with E-state index < -0.39 is 0 Å². The summed E-state index contributed by atoms with van der Waals surface area (Å²) >= 11 is 3.36. The number of thioether (sulfide) groups is 2. The van der Waals surface area contributed by atoms with Gasteiger partial charge in [0.15, 0.2) is 0 Å². The fraction of sp³-hybridized carbons (Fsp3) is 0.857. The van der Waals surface area contributed by atoms with Crippen LogP contribution in [0.15, 0.2) is 0 Å². The number of carbonyl (C=O) groups excluding carboxylic acids is 1. The van der Waals surface area contributed by atoms with Crippen molar-refractivity contribution in [3.8, 4) is 0 Å². The molecule has 11 heavy (non-hydrogen) atoms. The molecule has 0 spiro atoms. The summed E-state index contributed by atoms with van der Waals surface area (Å²) in [5.74, 6) is 1.68. The van der Waals surface area contributed by atoms with Crippen molar-refractivity contribution in [2.24, 2.45) is 5.92 Å². The van der Waals surface area contributed by atoms with Gasteiger partial charge in [-0.3, -0.25) is 4.79 Å². The van der Waals surface area contributed by atoms with Crippen LogP contribution in [0.3, 0.4) is 0 Å². The van der Waals surface area contributed by atoms with Gasteiger partial charge in [-0.1, -0.05) is 0 Å². The Labute approximate surface area is 76.5 Å². The van der Waals surface area contributed by atoms with Crippen molar-refractivity contribution in [1.29, 1.82) is 0 Å². The summed E-state index contributed by atoms with van der Waals surface area (Å²) in [6, 6.07) is 0. The van der Waals surface area contributed by atoms with Crippen LogP contribution in [0.2, 0.25) is 0 Å². The standard InChI is InChI=1S/C7H14O2S2/c1-9-7(8)6(4-10-2)5-11-3/h6H,4-5H2,1-3H3. The van der Waals surface area contributed by atoms with Crippen LogP contribution < -0.4 is 0 Å². The lowest BCUT2D eigenvalue weighted by Crippen LogP contribution is -2.20. The highest BCUT2D eigenvalue weighted by Crippen LogP contribution is 2.12. The first kappa shape index (κ1) is 11.2. The molecule has 4 heteroatoms. The second kappa shape index (κ2) is 6.85. The van der Waals surface area contributed by atoms with E-state index in [0.717, 1.165) is 11.5 Å². The summed E-state index contributed by atoms with van der Waals surface area (Å²) in [4.78, 5) is 11.0. The van der Waals surface area contributed by atoms with Gasteiger partial charge in [0.1, 0.15) is 0 Å². The number of hydrogen-bond acceptors (Lipinski definition) is 4. The molecule has 0 amide bonds. The van der Waals surface area contributed by atoms with E-state index in [1.54, 1.807) is 23.5 Å². The molecule has 66 valence electrons. The normalized spacial score (nSPS) is 10.2. The zero-order valence-electron chi connectivity index (χ0n) is 7.12. The number of methoxy groups -OCH3 is 1. The van der Waals surface area contributed by atoms with E-state index in [-0.39, 0.29) is 11.9 Å². The molecular weight excluding hydrogens is 180 g/mol. The number of hydrogen-bond donors (Lipinski definition) is 0. The smallest absolute Gasteiger partial charge is 0.310 e. The molecule has 0 saturated heterocycles. The van der Waals surface area contributed by atoms with E-state index in [2.05, 4.69) is 4.74 Å². The third-order valence-electron chi connectivity index (χ3n) is 1.27. The molecule has 0 N–H and O–H groups in total. The van der Waals surface area contributed by atoms with E-state index in [4.69, 9.17) is 0 Å². The average molecular weight is 194 g/mol. The molecule has 0 radical (unpaired) electrons. The van der Waals surface area contributed by atoms with Crippen molar-refractivity contribution < 1.29 is 9.53 Å². The van der Waals surface area contributed by atoms with Crippen LogP contribution in [-0.2, 0) is 9.53 Å². The van der Waals surface area contributed by atoms with Gasteiger partial charge in [0.05, 0.1) is 13.0 Å². The molecule has 0 unspecified atom stereocenters. The predicted octanol–water partition coefficient (Wildman–Crippen LogP) is 1.50. The van der Waals surface area contributed by atoms with E-state index in [1.165, 1.54) is 7.11 Å². The van der Waals surface area contributed by atoms with Crippen LogP contribution in [0, 0.1) is 5.92 Å². The molecule has 2 nitrogen and oxygen atoms in total. The summed E-state index contributed by atoms with van der Waals surface area (Å²) in [6.07, 6.45) is 3.99. The molecule has 0 aromatic heterocycles. The van der Waals surface area contributed by atoms with Gasteiger partial charge in [-0.15, -0.1) is 0 Å². The Morgan fingerprint density at radius 2 is 1.82 bits per heavy atom. The largest absolute Gasteiger partial charge is 0.469 e. The quantitative estimate of drug-likeness (QED) is 0.620. The van der Waals surface area contributed by atoms with Crippen LogP contribution in [0.4, 0.5) is 0 Å². The van der Waals surface area contributed by atoms with Gasteiger partial charge >= 0.3 is 5.97 Å². The molecule has 0 heterocycles. The van der Waals surface area contributed by atoms with Crippen molar-refractivity contribution in [3.63, 3.8) is 0 Å². The molecule has 0 atom stereocenters.